The molecule has 0 aromatic carbocycles. The van der Waals surface area contributed by atoms with Gasteiger partial charge >= 0.3 is 6.11 Å². The van der Waals surface area contributed by atoms with Gasteiger partial charge in [-0.25, -0.2) is 4.39 Å². The van der Waals surface area contributed by atoms with Gasteiger partial charge in [0.15, 0.2) is 0 Å². The van der Waals surface area contributed by atoms with Crippen LogP contribution in [0.4, 0.5) is 13.2 Å². The van der Waals surface area contributed by atoms with E-state index in [1.54, 1.807) is 20.8 Å². The van der Waals surface area contributed by atoms with Gasteiger partial charge in [-0.05, 0) is 12.3 Å². The summed E-state index contributed by atoms with van der Waals surface area (Å²) < 4.78 is 49.9. The molecule has 0 N–H and O–H groups in total. The molecule has 0 amide bonds. The molecule has 0 aromatic heterocycles. The van der Waals surface area contributed by atoms with Gasteiger partial charge in [0.25, 0.3) is 0 Å². The van der Waals surface area contributed by atoms with Crippen molar-refractivity contribution in [1.29, 1.82) is 0 Å². The van der Waals surface area contributed by atoms with E-state index in [9.17, 15) is 13.2 Å². The summed E-state index contributed by atoms with van der Waals surface area (Å²) in [6, 6.07) is 0. The minimum atomic E-state index is -3.49. The van der Waals surface area contributed by atoms with Crippen molar-refractivity contribution in [3.05, 3.63) is 0 Å². The van der Waals surface area contributed by atoms with Crippen LogP contribution >= 0.6 is 0 Å². The smallest absolute Gasteiger partial charge is 0.358 e. The van der Waals surface area contributed by atoms with Crippen LogP contribution < -0.4 is 0 Å². The molecule has 0 saturated carbocycles. The number of methoxy groups -OCH3 is 2. The Balaban J connectivity index is 5.11. The van der Waals surface area contributed by atoms with E-state index in [1.165, 1.54) is 14.0 Å². The third-order valence-corrected chi connectivity index (χ3v) is 3.01. The number of hydrogen-bond donors (Lipinski definition) is 0. The number of alkyl halides is 3. The second-order valence-electron chi connectivity index (χ2n) is 5.01. The summed E-state index contributed by atoms with van der Waals surface area (Å²) in [7, 11) is 2.16. The van der Waals surface area contributed by atoms with Crippen LogP contribution in [-0.2, 0) is 9.47 Å². The van der Waals surface area contributed by atoms with Crippen molar-refractivity contribution in [1.82, 2.24) is 0 Å². The molecule has 0 aliphatic heterocycles. The average Bonchev–Trinajstić information content (AvgIpc) is 2.14. The molecule has 0 spiro atoms. The standard InChI is InChI=1S/C11H21F3O2/c1-8(15-5)10(12,9(2,3)4)7-11(13,14)16-6/h8H,7H2,1-6H3. The maximum absolute atomic E-state index is 14.7. The lowest BCUT2D eigenvalue weighted by Crippen LogP contribution is -2.52. The molecular formula is C11H21F3O2. The van der Waals surface area contributed by atoms with Gasteiger partial charge in [-0.2, -0.15) is 8.78 Å². The molecule has 0 aromatic rings. The van der Waals surface area contributed by atoms with Crippen molar-refractivity contribution < 1.29 is 22.6 Å². The molecule has 0 fully saturated rings. The fraction of sp³-hybridized carbons (Fsp3) is 1.00. The zero-order valence-electron chi connectivity index (χ0n) is 10.7. The largest absolute Gasteiger partial charge is 0.378 e. The molecule has 16 heavy (non-hydrogen) atoms. The summed E-state index contributed by atoms with van der Waals surface area (Å²) in [4.78, 5) is 0. The molecular weight excluding hydrogens is 221 g/mol. The van der Waals surface area contributed by atoms with Crippen LogP contribution in [0.1, 0.15) is 34.1 Å². The maximum atomic E-state index is 14.7. The second-order valence-corrected chi connectivity index (χ2v) is 5.01. The average molecular weight is 242 g/mol. The number of rotatable bonds is 5. The van der Waals surface area contributed by atoms with E-state index in [-0.39, 0.29) is 0 Å². The quantitative estimate of drug-likeness (QED) is 0.735. The summed E-state index contributed by atoms with van der Waals surface area (Å²) in [5.74, 6) is 0. The highest BCUT2D eigenvalue weighted by atomic mass is 19.3. The minimum absolute atomic E-state index is 0.862. The summed E-state index contributed by atoms with van der Waals surface area (Å²) in [5, 5.41) is 0. The van der Waals surface area contributed by atoms with Crippen molar-refractivity contribution in [2.75, 3.05) is 14.2 Å². The van der Waals surface area contributed by atoms with Gasteiger partial charge in [-0.1, -0.05) is 20.8 Å². The van der Waals surface area contributed by atoms with Gasteiger partial charge in [0.2, 0.25) is 0 Å². The Labute approximate surface area is 95.1 Å². The monoisotopic (exact) mass is 242 g/mol. The Kier molecular flexibility index (Phi) is 4.83. The third kappa shape index (κ3) is 3.35. The Bertz CT molecular complexity index is 226. The van der Waals surface area contributed by atoms with Crippen LogP contribution in [-0.4, -0.2) is 32.1 Å². The minimum Gasteiger partial charge on any atom is -0.378 e. The first-order valence-electron chi connectivity index (χ1n) is 5.15. The molecule has 2 nitrogen and oxygen atoms in total. The van der Waals surface area contributed by atoms with E-state index in [0.717, 1.165) is 7.11 Å². The molecule has 5 heteroatoms. The van der Waals surface area contributed by atoms with Crippen LogP contribution in [0.3, 0.4) is 0 Å². The predicted octanol–water partition coefficient (Wildman–Crippen LogP) is 3.41. The first kappa shape index (κ1) is 15.7. The molecule has 0 rings (SSSR count). The first-order chi connectivity index (χ1) is 7.00. The third-order valence-electron chi connectivity index (χ3n) is 3.01. The predicted molar refractivity (Wildman–Crippen MR) is 56.3 cm³/mol. The van der Waals surface area contributed by atoms with Crippen LogP contribution in [0.25, 0.3) is 0 Å². The van der Waals surface area contributed by atoms with E-state index in [2.05, 4.69) is 4.74 Å². The van der Waals surface area contributed by atoms with Crippen LogP contribution in [0.15, 0.2) is 0 Å². The fourth-order valence-electron chi connectivity index (χ4n) is 1.58. The molecule has 0 aliphatic carbocycles. The van der Waals surface area contributed by atoms with E-state index in [1.807, 2.05) is 0 Å². The van der Waals surface area contributed by atoms with Gasteiger partial charge in [0, 0.05) is 14.2 Å². The lowest BCUT2D eigenvalue weighted by Gasteiger charge is -2.42. The van der Waals surface area contributed by atoms with Crippen LogP contribution in [0.5, 0.6) is 0 Å². The Morgan fingerprint density at radius 1 is 1.06 bits per heavy atom. The SMILES string of the molecule is COC(C)C(F)(CC(F)(F)OC)C(C)(C)C. The molecule has 0 radical (unpaired) electrons. The maximum Gasteiger partial charge on any atom is 0.358 e. The molecule has 2 atom stereocenters. The van der Waals surface area contributed by atoms with Crippen molar-refractivity contribution in [3.63, 3.8) is 0 Å². The van der Waals surface area contributed by atoms with Gasteiger partial charge < -0.3 is 9.47 Å². The van der Waals surface area contributed by atoms with Crippen molar-refractivity contribution in [2.24, 2.45) is 5.41 Å². The topological polar surface area (TPSA) is 18.5 Å². The van der Waals surface area contributed by atoms with Crippen molar-refractivity contribution >= 4 is 0 Å². The van der Waals surface area contributed by atoms with E-state index >= 15 is 0 Å². The van der Waals surface area contributed by atoms with Crippen LogP contribution in [0.2, 0.25) is 0 Å². The lowest BCUT2D eigenvalue weighted by molar-refractivity contribution is -0.262. The highest BCUT2D eigenvalue weighted by Gasteiger charge is 2.54. The van der Waals surface area contributed by atoms with Gasteiger partial charge in [0.1, 0.15) is 5.67 Å². The number of halogens is 3. The molecule has 98 valence electrons. The Morgan fingerprint density at radius 3 is 1.75 bits per heavy atom. The summed E-state index contributed by atoms with van der Waals surface area (Å²) in [6.45, 7) is 6.13. The zero-order valence-corrected chi connectivity index (χ0v) is 10.7. The second kappa shape index (κ2) is 4.92. The van der Waals surface area contributed by atoms with Crippen LogP contribution in [0, 0.1) is 5.41 Å². The Hall–Kier alpha value is -0.290. The molecule has 0 aliphatic rings. The summed E-state index contributed by atoms with van der Waals surface area (Å²) in [6.07, 6.45) is -5.45. The summed E-state index contributed by atoms with van der Waals surface area (Å²) in [5.41, 5.74) is -3.13. The van der Waals surface area contributed by atoms with E-state index < -0.39 is 29.7 Å². The zero-order chi connectivity index (χ0) is 13.2. The normalized spacial score (nSPS) is 19.3. The highest BCUT2D eigenvalue weighted by molar-refractivity contribution is 4.97. The summed E-state index contributed by atoms with van der Waals surface area (Å²) >= 11 is 0. The molecule has 0 saturated heterocycles. The number of hydrogen-bond acceptors (Lipinski definition) is 2. The van der Waals surface area contributed by atoms with Gasteiger partial charge in [-0.3, -0.25) is 0 Å². The fourth-order valence-corrected chi connectivity index (χ4v) is 1.58. The Morgan fingerprint density at radius 2 is 1.50 bits per heavy atom. The molecule has 0 heterocycles. The van der Waals surface area contributed by atoms with Gasteiger partial charge in [0.05, 0.1) is 12.5 Å². The molecule has 0 bridgehead atoms. The van der Waals surface area contributed by atoms with E-state index in [4.69, 9.17) is 4.74 Å². The van der Waals surface area contributed by atoms with Crippen molar-refractivity contribution in [3.8, 4) is 0 Å². The highest BCUT2D eigenvalue weighted by Crippen LogP contribution is 2.45. The van der Waals surface area contributed by atoms with Crippen molar-refractivity contribution in [2.45, 2.75) is 52.0 Å². The van der Waals surface area contributed by atoms with E-state index in [0.29, 0.717) is 0 Å². The first-order valence-corrected chi connectivity index (χ1v) is 5.15. The van der Waals surface area contributed by atoms with Gasteiger partial charge in [-0.15, -0.1) is 0 Å². The molecule has 2 unspecified atom stereocenters. The lowest BCUT2D eigenvalue weighted by atomic mass is 9.72. The number of ether oxygens (including phenoxy) is 2.